The van der Waals surface area contributed by atoms with Gasteiger partial charge in [-0.3, -0.25) is 14.4 Å². The zero-order chi connectivity index (χ0) is 10.3. The molecule has 0 saturated heterocycles. The van der Waals surface area contributed by atoms with Crippen LogP contribution in [0.2, 0.25) is 0 Å². The normalized spacial score (nSPS) is 10.5. The van der Waals surface area contributed by atoms with E-state index in [1.807, 2.05) is 0 Å². The van der Waals surface area contributed by atoms with Gasteiger partial charge in [0.25, 0.3) is 0 Å². The van der Waals surface area contributed by atoms with Gasteiger partial charge in [0.15, 0.2) is 0 Å². The van der Waals surface area contributed by atoms with E-state index in [9.17, 15) is 14.4 Å². The zero-order valence-corrected chi connectivity index (χ0v) is 7.41. The van der Waals surface area contributed by atoms with Crippen LogP contribution in [0, 0.1) is 0 Å². The molecule has 0 heterocycles. The number of hydrogen-bond donors (Lipinski definition) is 0. The second kappa shape index (κ2) is 6.13. The van der Waals surface area contributed by atoms with Gasteiger partial charge in [0, 0.05) is 0 Å². The molecule has 13 heavy (non-hydrogen) atoms. The van der Waals surface area contributed by atoms with Crippen LogP contribution in [0.4, 0.5) is 0 Å². The van der Waals surface area contributed by atoms with E-state index in [2.05, 4.69) is 14.7 Å². The first-order chi connectivity index (χ1) is 6.11. The molecule has 0 aromatic rings. The van der Waals surface area contributed by atoms with Crippen LogP contribution in [0.25, 0.3) is 0 Å². The molecule has 0 atom stereocenters. The van der Waals surface area contributed by atoms with Crippen molar-refractivity contribution in [1.29, 1.82) is 0 Å². The van der Waals surface area contributed by atoms with Gasteiger partial charge in [-0.15, -0.1) is 0 Å². The summed E-state index contributed by atoms with van der Waals surface area (Å²) in [6.07, 6.45) is -0.648. The SMILES string of the molecule is CON=C(Cl)C(=O)CC(=O)OC=O. The van der Waals surface area contributed by atoms with E-state index in [1.54, 1.807) is 0 Å². The number of carbonyl (C=O) groups excluding carboxylic acids is 3. The molecule has 0 radical (unpaired) electrons. The van der Waals surface area contributed by atoms with Crippen LogP contribution in [-0.4, -0.2) is 30.5 Å². The van der Waals surface area contributed by atoms with Crippen molar-refractivity contribution in [3.8, 4) is 0 Å². The molecule has 72 valence electrons. The van der Waals surface area contributed by atoms with E-state index >= 15 is 0 Å². The summed E-state index contributed by atoms with van der Waals surface area (Å²) in [6.45, 7) is -0.0724. The van der Waals surface area contributed by atoms with E-state index in [0.29, 0.717) is 0 Å². The van der Waals surface area contributed by atoms with Crippen molar-refractivity contribution in [1.82, 2.24) is 0 Å². The molecule has 6 nitrogen and oxygen atoms in total. The maximum absolute atomic E-state index is 10.9. The summed E-state index contributed by atoms with van der Waals surface area (Å²) in [5.41, 5.74) is 0. The van der Waals surface area contributed by atoms with Gasteiger partial charge in [0.1, 0.15) is 13.5 Å². The first kappa shape index (κ1) is 11.6. The summed E-state index contributed by atoms with van der Waals surface area (Å²) in [5.74, 6) is -1.78. The third-order valence-electron chi connectivity index (χ3n) is 0.886. The number of Topliss-reactive ketones (excluding diaryl/α,β-unsaturated/α-hetero) is 1. The number of hydrogen-bond acceptors (Lipinski definition) is 6. The van der Waals surface area contributed by atoms with Crippen molar-refractivity contribution in [2.75, 3.05) is 7.11 Å². The molecular formula is C6H6ClNO5. The average Bonchev–Trinajstić information content (AvgIpc) is 2.05. The Kier molecular flexibility index (Phi) is 5.45. The van der Waals surface area contributed by atoms with Crippen molar-refractivity contribution >= 4 is 35.0 Å². The van der Waals surface area contributed by atoms with Crippen molar-refractivity contribution in [3.05, 3.63) is 0 Å². The van der Waals surface area contributed by atoms with Crippen LogP contribution in [0.3, 0.4) is 0 Å². The molecule has 0 saturated carbocycles. The Labute approximate surface area is 78.4 Å². The van der Waals surface area contributed by atoms with Crippen LogP contribution >= 0.6 is 11.6 Å². The first-order valence-electron chi connectivity index (χ1n) is 3.04. The van der Waals surface area contributed by atoms with Gasteiger partial charge in [-0.05, 0) is 0 Å². The lowest BCUT2D eigenvalue weighted by molar-refractivity contribution is -0.151. The number of oxime groups is 1. The van der Waals surface area contributed by atoms with Crippen molar-refractivity contribution in [2.24, 2.45) is 5.16 Å². The molecule has 0 aliphatic carbocycles. The summed E-state index contributed by atoms with van der Waals surface area (Å²) in [7, 11) is 1.19. The molecule has 0 aliphatic heterocycles. The Morgan fingerprint density at radius 3 is 2.62 bits per heavy atom. The Balaban J connectivity index is 4.07. The summed E-state index contributed by atoms with van der Waals surface area (Å²) in [5, 5.41) is 2.59. The van der Waals surface area contributed by atoms with Gasteiger partial charge in [-0.25, -0.2) is 0 Å². The van der Waals surface area contributed by atoms with E-state index in [1.165, 1.54) is 7.11 Å². The fourth-order valence-electron chi connectivity index (χ4n) is 0.430. The standard InChI is InChI=1S/C6H6ClNO5/c1-12-8-6(7)4(10)2-5(11)13-3-9/h3H,2H2,1H3. The zero-order valence-electron chi connectivity index (χ0n) is 6.65. The molecule has 0 spiro atoms. The van der Waals surface area contributed by atoms with Gasteiger partial charge >= 0.3 is 12.4 Å². The quantitative estimate of drug-likeness (QED) is 0.206. The molecule has 0 unspecified atom stereocenters. The number of halogens is 1. The number of ketones is 1. The van der Waals surface area contributed by atoms with Crippen LogP contribution in [-0.2, 0) is 24.0 Å². The fourth-order valence-corrected chi connectivity index (χ4v) is 0.566. The maximum Gasteiger partial charge on any atom is 0.321 e. The highest BCUT2D eigenvalue weighted by Gasteiger charge is 2.15. The molecule has 0 fully saturated rings. The third-order valence-corrected chi connectivity index (χ3v) is 1.17. The van der Waals surface area contributed by atoms with Gasteiger partial charge in [-0.2, -0.15) is 0 Å². The molecule has 0 bridgehead atoms. The Hall–Kier alpha value is -1.43. The second-order valence-corrected chi connectivity index (χ2v) is 2.11. The minimum atomic E-state index is -0.996. The molecule has 0 N–H and O–H groups in total. The van der Waals surface area contributed by atoms with Crippen LogP contribution in [0.1, 0.15) is 6.42 Å². The van der Waals surface area contributed by atoms with Crippen LogP contribution in [0.5, 0.6) is 0 Å². The minimum Gasteiger partial charge on any atom is -0.398 e. The van der Waals surface area contributed by atoms with E-state index < -0.39 is 23.3 Å². The van der Waals surface area contributed by atoms with Gasteiger partial charge in [-0.1, -0.05) is 16.8 Å². The molecular weight excluding hydrogens is 202 g/mol. The molecule has 7 heteroatoms. The number of esters is 1. The van der Waals surface area contributed by atoms with Crippen LogP contribution < -0.4 is 0 Å². The monoisotopic (exact) mass is 207 g/mol. The molecule has 0 aromatic carbocycles. The Morgan fingerprint density at radius 1 is 1.54 bits per heavy atom. The Morgan fingerprint density at radius 2 is 2.15 bits per heavy atom. The van der Waals surface area contributed by atoms with Gasteiger partial charge < -0.3 is 9.57 Å². The highest BCUT2D eigenvalue weighted by atomic mass is 35.5. The number of carbonyl (C=O) groups is 3. The predicted octanol–water partition coefficient (Wildman–Crippen LogP) is -0.156. The smallest absolute Gasteiger partial charge is 0.321 e. The first-order valence-corrected chi connectivity index (χ1v) is 3.42. The lowest BCUT2D eigenvalue weighted by atomic mass is 10.3. The summed E-state index contributed by atoms with van der Waals surface area (Å²) in [6, 6.07) is 0. The molecule has 0 rings (SSSR count). The fraction of sp³-hybridized carbons (Fsp3) is 0.333. The lowest BCUT2D eigenvalue weighted by Crippen LogP contribution is -2.15. The van der Waals surface area contributed by atoms with Crippen molar-refractivity contribution in [3.63, 3.8) is 0 Å². The largest absolute Gasteiger partial charge is 0.398 e. The third kappa shape index (κ3) is 4.91. The van der Waals surface area contributed by atoms with Crippen molar-refractivity contribution < 1.29 is 24.0 Å². The van der Waals surface area contributed by atoms with Crippen molar-refractivity contribution in [2.45, 2.75) is 6.42 Å². The Bertz CT molecular complexity index is 249. The predicted molar refractivity (Wildman–Crippen MR) is 42.1 cm³/mol. The molecule has 0 aliphatic rings. The van der Waals surface area contributed by atoms with Gasteiger partial charge in [0.05, 0.1) is 0 Å². The summed E-state index contributed by atoms with van der Waals surface area (Å²) in [4.78, 5) is 35.2. The maximum atomic E-state index is 10.9. The van der Waals surface area contributed by atoms with Gasteiger partial charge in [0.2, 0.25) is 11.0 Å². The topological polar surface area (TPSA) is 82.0 Å². The highest BCUT2D eigenvalue weighted by Crippen LogP contribution is 1.95. The molecule has 0 amide bonds. The second-order valence-electron chi connectivity index (χ2n) is 1.75. The number of nitrogens with zero attached hydrogens (tertiary/aromatic N) is 1. The highest BCUT2D eigenvalue weighted by molar-refractivity contribution is 6.83. The van der Waals surface area contributed by atoms with E-state index in [-0.39, 0.29) is 6.47 Å². The number of rotatable bonds is 5. The van der Waals surface area contributed by atoms with E-state index in [0.717, 1.165) is 0 Å². The summed E-state index contributed by atoms with van der Waals surface area (Å²) >= 11 is 5.26. The van der Waals surface area contributed by atoms with E-state index in [4.69, 9.17) is 11.6 Å². The van der Waals surface area contributed by atoms with Crippen LogP contribution in [0.15, 0.2) is 5.16 Å². The average molecular weight is 208 g/mol. The number of ether oxygens (including phenoxy) is 1. The lowest BCUT2D eigenvalue weighted by Gasteiger charge is -1.95. The summed E-state index contributed by atoms with van der Waals surface area (Å²) < 4.78 is 3.85. The molecule has 0 aromatic heterocycles. The minimum absolute atomic E-state index is 0.0724.